The van der Waals surface area contributed by atoms with Gasteiger partial charge in [-0.3, -0.25) is 9.69 Å². The van der Waals surface area contributed by atoms with E-state index < -0.39 is 0 Å². The van der Waals surface area contributed by atoms with Crippen molar-refractivity contribution in [3.05, 3.63) is 52.0 Å². The number of morpholine rings is 1. The van der Waals surface area contributed by atoms with Crippen LogP contribution in [-0.2, 0) is 17.8 Å². The van der Waals surface area contributed by atoms with Gasteiger partial charge in [0.2, 0.25) is 0 Å². The Morgan fingerprint density at radius 1 is 1.42 bits per heavy atom. The second kappa shape index (κ2) is 8.37. The topological polar surface area (TPSA) is 54.5 Å². The number of ether oxygens (including phenoxy) is 1. The van der Waals surface area contributed by atoms with Crippen LogP contribution in [0.2, 0.25) is 0 Å². The molecule has 1 aliphatic rings. The summed E-state index contributed by atoms with van der Waals surface area (Å²) in [6, 6.07) is 9.73. The van der Waals surface area contributed by atoms with Crippen LogP contribution in [0.1, 0.15) is 34.4 Å². The van der Waals surface area contributed by atoms with E-state index in [4.69, 9.17) is 4.74 Å². The van der Waals surface area contributed by atoms with Gasteiger partial charge in [0.05, 0.1) is 25.5 Å². The van der Waals surface area contributed by atoms with Gasteiger partial charge in [0, 0.05) is 30.1 Å². The highest BCUT2D eigenvalue weighted by Gasteiger charge is 2.22. The highest BCUT2D eigenvalue weighted by atomic mass is 32.1. The maximum Gasteiger partial charge on any atom is 0.251 e. The van der Waals surface area contributed by atoms with Gasteiger partial charge in [-0.2, -0.15) is 0 Å². The number of benzene rings is 1. The summed E-state index contributed by atoms with van der Waals surface area (Å²) in [7, 11) is 0. The minimum absolute atomic E-state index is 0.0634. The van der Waals surface area contributed by atoms with Crippen LogP contribution in [0.3, 0.4) is 0 Å². The Kier molecular flexibility index (Phi) is 5.96. The first-order valence-electron chi connectivity index (χ1n) is 8.34. The Morgan fingerprint density at radius 3 is 3.04 bits per heavy atom. The molecule has 2 heterocycles. The number of hydrogen-bond donors (Lipinski definition) is 1. The maximum atomic E-state index is 12.1. The second-order valence-electron chi connectivity index (χ2n) is 5.89. The highest BCUT2D eigenvalue weighted by molar-refractivity contribution is 7.09. The summed E-state index contributed by atoms with van der Waals surface area (Å²) < 4.78 is 5.55. The number of carbonyl (C=O) groups is 1. The molecule has 1 N–H and O–H groups in total. The molecule has 5 nitrogen and oxygen atoms in total. The molecule has 3 rings (SSSR count). The molecule has 1 amide bonds. The lowest BCUT2D eigenvalue weighted by Gasteiger charge is -2.34. The molecule has 0 spiro atoms. The van der Waals surface area contributed by atoms with Crippen LogP contribution in [0, 0.1) is 0 Å². The van der Waals surface area contributed by atoms with E-state index in [9.17, 15) is 4.79 Å². The molecule has 0 unspecified atom stereocenters. The first-order chi connectivity index (χ1) is 11.8. The minimum Gasteiger partial charge on any atom is -0.378 e. The number of nitrogens with one attached hydrogen (secondary N) is 1. The van der Waals surface area contributed by atoms with Crippen LogP contribution >= 0.6 is 11.3 Å². The smallest absolute Gasteiger partial charge is 0.251 e. The second-order valence-corrected chi connectivity index (χ2v) is 6.83. The molecule has 0 saturated carbocycles. The van der Waals surface area contributed by atoms with E-state index in [-0.39, 0.29) is 5.91 Å². The van der Waals surface area contributed by atoms with Crippen LogP contribution in [-0.4, -0.2) is 41.6 Å². The fourth-order valence-electron chi connectivity index (χ4n) is 2.83. The summed E-state index contributed by atoms with van der Waals surface area (Å²) in [6.45, 7) is 6.07. The summed E-state index contributed by atoms with van der Waals surface area (Å²) in [4.78, 5) is 19.2. The van der Waals surface area contributed by atoms with Crippen molar-refractivity contribution in [1.82, 2.24) is 15.2 Å². The molecule has 0 radical (unpaired) electrons. The van der Waals surface area contributed by atoms with Gasteiger partial charge in [0.25, 0.3) is 5.91 Å². The normalized spacial score (nSPS) is 18.5. The zero-order valence-corrected chi connectivity index (χ0v) is 14.7. The monoisotopic (exact) mass is 345 g/mol. The maximum absolute atomic E-state index is 12.1. The van der Waals surface area contributed by atoms with E-state index in [1.165, 1.54) is 0 Å². The Hall–Kier alpha value is -1.76. The average molecular weight is 345 g/mol. The van der Waals surface area contributed by atoms with Crippen molar-refractivity contribution >= 4 is 17.2 Å². The average Bonchev–Trinajstić information content (AvgIpc) is 3.08. The predicted molar refractivity (Wildman–Crippen MR) is 95.0 cm³/mol. The van der Waals surface area contributed by atoms with Gasteiger partial charge in [-0.15, -0.1) is 11.3 Å². The van der Waals surface area contributed by atoms with Crippen molar-refractivity contribution in [2.45, 2.75) is 32.5 Å². The van der Waals surface area contributed by atoms with Crippen molar-refractivity contribution in [3.63, 3.8) is 0 Å². The summed E-state index contributed by atoms with van der Waals surface area (Å²) in [5, 5.41) is 5.96. The fourth-order valence-corrected chi connectivity index (χ4v) is 3.56. The largest absolute Gasteiger partial charge is 0.378 e. The fraction of sp³-hybridized carbons (Fsp3) is 0.444. The first kappa shape index (κ1) is 17.1. The molecule has 2 aromatic rings. The molecule has 1 aromatic heterocycles. The third-order valence-corrected chi connectivity index (χ3v) is 5.12. The molecule has 128 valence electrons. The molecule has 0 aliphatic carbocycles. The summed E-state index contributed by atoms with van der Waals surface area (Å²) in [6.07, 6.45) is 1.09. The zero-order valence-electron chi connectivity index (χ0n) is 13.9. The molecule has 1 aromatic carbocycles. The number of nitrogens with zero attached hydrogens (tertiary/aromatic N) is 2. The Morgan fingerprint density at radius 2 is 2.25 bits per heavy atom. The van der Waals surface area contributed by atoms with Crippen molar-refractivity contribution < 1.29 is 9.53 Å². The summed E-state index contributed by atoms with van der Waals surface area (Å²) >= 11 is 1.60. The molecule has 6 heteroatoms. The van der Waals surface area contributed by atoms with Gasteiger partial charge in [0.15, 0.2) is 0 Å². The number of thiazole rings is 1. The number of carbonyl (C=O) groups excluding carboxylic acids is 1. The molecular formula is C18H23N3O2S. The van der Waals surface area contributed by atoms with Crippen molar-refractivity contribution in [3.8, 4) is 0 Å². The molecule has 1 fully saturated rings. The van der Waals surface area contributed by atoms with Gasteiger partial charge in [-0.25, -0.2) is 4.98 Å². The van der Waals surface area contributed by atoms with E-state index in [1.807, 2.05) is 30.3 Å². The van der Waals surface area contributed by atoms with Gasteiger partial charge >= 0.3 is 0 Å². The van der Waals surface area contributed by atoms with E-state index >= 15 is 0 Å². The van der Waals surface area contributed by atoms with Gasteiger partial charge < -0.3 is 10.1 Å². The lowest BCUT2D eigenvalue weighted by Crippen LogP contribution is -2.44. The molecular weight excluding hydrogens is 322 g/mol. The van der Waals surface area contributed by atoms with Gasteiger partial charge in [-0.05, 0) is 18.6 Å². The van der Waals surface area contributed by atoms with Crippen LogP contribution in [0.4, 0.5) is 0 Å². The number of hydrogen-bond acceptors (Lipinski definition) is 5. The quantitative estimate of drug-likeness (QED) is 0.875. The summed E-state index contributed by atoms with van der Waals surface area (Å²) in [5.74, 6) is -0.0634. The van der Waals surface area contributed by atoms with Crippen molar-refractivity contribution in [2.75, 3.05) is 19.8 Å². The van der Waals surface area contributed by atoms with Crippen LogP contribution in [0.25, 0.3) is 0 Å². The van der Waals surface area contributed by atoms with Crippen molar-refractivity contribution in [2.24, 2.45) is 0 Å². The number of amides is 1. The third kappa shape index (κ3) is 4.41. The van der Waals surface area contributed by atoms with Crippen LogP contribution in [0.5, 0.6) is 0 Å². The predicted octanol–water partition coefficient (Wildman–Crippen LogP) is 2.68. The molecule has 24 heavy (non-hydrogen) atoms. The highest BCUT2D eigenvalue weighted by Crippen LogP contribution is 2.17. The van der Waals surface area contributed by atoms with E-state index in [0.29, 0.717) is 18.2 Å². The van der Waals surface area contributed by atoms with Crippen LogP contribution in [0.15, 0.2) is 35.7 Å². The molecule has 1 saturated heterocycles. The van der Waals surface area contributed by atoms with Crippen LogP contribution < -0.4 is 5.32 Å². The Balaban J connectivity index is 1.53. The lowest BCUT2D eigenvalue weighted by molar-refractivity contribution is -0.0132. The van der Waals surface area contributed by atoms with Gasteiger partial charge in [0.1, 0.15) is 5.01 Å². The summed E-state index contributed by atoms with van der Waals surface area (Å²) in [5.41, 5.74) is 1.75. The van der Waals surface area contributed by atoms with E-state index in [0.717, 1.165) is 43.4 Å². The Labute approximate surface area is 146 Å². The van der Waals surface area contributed by atoms with E-state index in [1.54, 1.807) is 11.3 Å². The number of aromatic nitrogens is 1. The van der Waals surface area contributed by atoms with E-state index in [2.05, 4.69) is 27.5 Å². The SMILES string of the molecule is CC[C@@H]1COCCN1Cc1csc(CNC(=O)c2ccccc2)n1. The molecule has 1 aliphatic heterocycles. The minimum atomic E-state index is -0.0634. The van der Waals surface area contributed by atoms with Crippen molar-refractivity contribution in [1.29, 1.82) is 0 Å². The standard InChI is InChI=1S/C18H23N3O2S/c1-2-16-12-23-9-8-21(16)11-15-13-24-17(20-15)10-19-18(22)14-6-4-3-5-7-14/h3-7,13,16H,2,8-12H2,1H3,(H,19,22)/t16-/m1/s1. The molecule has 0 bridgehead atoms. The zero-order chi connectivity index (χ0) is 16.8. The molecule has 1 atom stereocenters. The van der Waals surface area contributed by atoms with Gasteiger partial charge in [-0.1, -0.05) is 25.1 Å². The Bertz CT molecular complexity index is 659. The number of rotatable bonds is 6. The first-order valence-corrected chi connectivity index (χ1v) is 9.22. The third-order valence-electron chi connectivity index (χ3n) is 4.22. The lowest BCUT2D eigenvalue weighted by atomic mass is 10.1.